The van der Waals surface area contributed by atoms with Crippen LogP contribution in [0.4, 0.5) is 17.6 Å². The maximum Gasteiger partial charge on any atom is 0.407 e. The molecule has 6 heteroatoms. The van der Waals surface area contributed by atoms with Gasteiger partial charge in [0.1, 0.15) is 11.9 Å². The Labute approximate surface area is 96.3 Å². The molecule has 1 nitrogen and oxygen atoms in total. The summed E-state index contributed by atoms with van der Waals surface area (Å²) in [6, 6.07) is 2.08. The largest absolute Gasteiger partial charge is 0.407 e. The molecule has 0 saturated carbocycles. The first kappa shape index (κ1) is 13.3. The molecule has 1 aromatic rings. The van der Waals surface area contributed by atoms with Crippen molar-refractivity contribution in [3.8, 4) is 0 Å². The van der Waals surface area contributed by atoms with Crippen LogP contribution < -0.4 is 5.32 Å². The van der Waals surface area contributed by atoms with Gasteiger partial charge in [0.05, 0.1) is 0 Å². The van der Waals surface area contributed by atoms with Crippen molar-refractivity contribution in [1.29, 1.82) is 0 Å². The first-order valence-corrected chi connectivity index (χ1v) is 4.57. The molecular formula is C10H10ClF4N. The molecule has 1 unspecified atom stereocenters. The van der Waals surface area contributed by atoms with Crippen LogP contribution in [-0.4, -0.2) is 12.7 Å². The zero-order valence-corrected chi connectivity index (χ0v) is 8.96. The third-order valence-corrected chi connectivity index (χ3v) is 2.52. The Hall–Kier alpha value is -0.810. The number of halogens is 5. The second-order valence-electron chi connectivity index (χ2n) is 3.49. The molecule has 0 radical (unpaired) electrons. The highest BCUT2D eigenvalue weighted by Gasteiger charge is 2.43. The number of hydrogen-bond donors (Lipinski definition) is 1. The van der Waals surface area contributed by atoms with Crippen molar-refractivity contribution < 1.29 is 17.6 Å². The van der Waals surface area contributed by atoms with E-state index in [0.29, 0.717) is 6.42 Å². The summed E-state index contributed by atoms with van der Waals surface area (Å²) < 4.78 is 50.9. The number of fused-ring (bicyclic) bond motifs is 1. The van der Waals surface area contributed by atoms with Gasteiger partial charge in [-0.05, 0) is 23.6 Å². The summed E-state index contributed by atoms with van der Waals surface area (Å²) in [5.74, 6) is -0.553. The number of benzene rings is 1. The van der Waals surface area contributed by atoms with Gasteiger partial charge in [-0.2, -0.15) is 13.2 Å². The van der Waals surface area contributed by atoms with Crippen LogP contribution in [0.2, 0.25) is 0 Å². The topological polar surface area (TPSA) is 12.0 Å². The molecule has 0 aliphatic carbocycles. The zero-order valence-electron chi connectivity index (χ0n) is 8.14. The predicted octanol–water partition coefficient (Wildman–Crippen LogP) is 3.00. The van der Waals surface area contributed by atoms with E-state index >= 15 is 0 Å². The van der Waals surface area contributed by atoms with Gasteiger partial charge in [0.25, 0.3) is 0 Å². The summed E-state index contributed by atoms with van der Waals surface area (Å²) in [5, 5.41) is 2.35. The van der Waals surface area contributed by atoms with Crippen molar-refractivity contribution in [2.75, 3.05) is 6.54 Å². The first-order valence-electron chi connectivity index (χ1n) is 4.57. The molecule has 90 valence electrons. The minimum atomic E-state index is -4.37. The Morgan fingerprint density at radius 2 is 1.94 bits per heavy atom. The van der Waals surface area contributed by atoms with Crippen LogP contribution in [-0.2, 0) is 6.42 Å². The van der Waals surface area contributed by atoms with Gasteiger partial charge < -0.3 is 5.32 Å². The molecule has 1 aromatic carbocycles. The molecule has 2 rings (SSSR count). The van der Waals surface area contributed by atoms with Gasteiger partial charge in [-0.15, -0.1) is 12.4 Å². The standard InChI is InChI=1S/C10H9F4N.ClH/c11-8-3-1-2-7-6(8)4-5-15-9(7)10(12,13)14;/h1-3,9,15H,4-5H2;1H. The average molecular weight is 256 g/mol. The van der Waals surface area contributed by atoms with Gasteiger partial charge in [0.15, 0.2) is 0 Å². The van der Waals surface area contributed by atoms with E-state index in [9.17, 15) is 17.6 Å². The highest BCUT2D eigenvalue weighted by Crippen LogP contribution is 2.36. The van der Waals surface area contributed by atoms with Crippen LogP contribution in [0.15, 0.2) is 18.2 Å². The van der Waals surface area contributed by atoms with E-state index < -0.39 is 18.0 Å². The molecular weight excluding hydrogens is 246 g/mol. The fourth-order valence-corrected chi connectivity index (χ4v) is 1.85. The van der Waals surface area contributed by atoms with Crippen LogP contribution in [0.25, 0.3) is 0 Å². The highest BCUT2D eigenvalue weighted by atomic mass is 35.5. The molecule has 0 fully saturated rings. The van der Waals surface area contributed by atoms with Crippen LogP contribution >= 0.6 is 12.4 Å². The van der Waals surface area contributed by atoms with Crippen LogP contribution in [0.3, 0.4) is 0 Å². The molecule has 1 heterocycles. The third kappa shape index (κ3) is 2.30. The first-order chi connectivity index (χ1) is 7.00. The molecule has 0 bridgehead atoms. The van der Waals surface area contributed by atoms with E-state index in [-0.39, 0.29) is 30.1 Å². The number of hydrogen-bond acceptors (Lipinski definition) is 1. The van der Waals surface area contributed by atoms with Crippen molar-refractivity contribution in [1.82, 2.24) is 5.32 Å². The van der Waals surface area contributed by atoms with Crippen molar-refractivity contribution in [2.24, 2.45) is 0 Å². The molecule has 1 aliphatic heterocycles. The Bertz CT molecular complexity index is 378. The molecule has 0 saturated heterocycles. The van der Waals surface area contributed by atoms with E-state index in [2.05, 4.69) is 5.32 Å². The molecule has 16 heavy (non-hydrogen) atoms. The maximum absolute atomic E-state index is 13.2. The van der Waals surface area contributed by atoms with Gasteiger partial charge in [-0.3, -0.25) is 0 Å². The molecule has 1 atom stereocenters. The van der Waals surface area contributed by atoms with Gasteiger partial charge in [0, 0.05) is 6.54 Å². The van der Waals surface area contributed by atoms with Gasteiger partial charge >= 0.3 is 6.18 Å². The summed E-state index contributed by atoms with van der Waals surface area (Å²) in [4.78, 5) is 0. The summed E-state index contributed by atoms with van der Waals surface area (Å²) >= 11 is 0. The fourth-order valence-electron chi connectivity index (χ4n) is 1.85. The molecule has 0 amide bonds. The van der Waals surface area contributed by atoms with Crippen molar-refractivity contribution in [3.63, 3.8) is 0 Å². The zero-order chi connectivity index (χ0) is 11.1. The van der Waals surface area contributed by atoms with Gasteiger partial charge in [-0.1, -0.05) is 12.1 Å². The lowest BCUT2D eigenvalue weighted by Gasteiger charge is -2.28. The quantitative estimate of drug-likeness (QED) is 0.703. The molecule has 1 N–H and O–H groups in total. The van der Waals surface area contributed by atoms with E-state index in [1.165, 1.54) is 18.2 Å². The van der Waals surface area contributed by atoms with Crippen LogP contribution in [0.1, 0.15) is 17.2 Å². The highest BCUT2D eigenvalue weighted by molar-refractivity contribution is 5.85. The van der Waals surface area contributed by atoms with E-state index in [1.54, 1.807) is 0 Å². The maximum atomic E-state index is 13.2. The molecule has 0 aromatic heterocycles. The van der Waals surface area contributed by atoms with Gasteiger partial charge in [0.2, 0.25) is 0 Å². The number of alkyl halides is 3. The fraction of sp³-hybridized carbons (Fsp3) is 0.400. The number of rotatable bonds is 0. The normalized spacial score (nSPS) is 19.9. The minimum absolute atomic E-state index is 0. The van der Waals surface area contributed by atoms with Gasteiger partial charge in [-0.25, -0.2) is 4.39 Å². The smallest absolute Gasteiger partial charge is 0.302 e. The van der Waals surface area contributed by atoms with Crippen molar-refractivity contribution >= 4 is 12.4 Å². The second kappa shape index (κ2) is 4.59. The summed E-state index contributed by atoms with van der Waals surface area (Å²) in [7, 11) is 0. The van der Waals surface area contributed by atoms with E-state index in [0.717, 1.165) is 0 Å². The summed E-state index contributed by atoms with van der Waals surface area (Å²) in [6.45, 7) is 0.151. The molecule has 0 spiro atoms. The SMILES string of the molecule is Cl.Fc1cccc2c1CCNC2C(F)(F)F. The Morgan fingerprint density at radius 1 is 1.25 bits per heavy atom. The number of nitrogens with one attached hydrogen (secondary N) is 1. The van der Waals surface area contributed by atoms with Crippen molar-refractivity contribution in [2.45, 2.75) is 18.6 Å². The molecule has 1 aliphatic rings. The minimum Gasteiger partial charge on any atom is -0.302 e. The van der Waals surface area contributed by atoms with E-state index in [1.807, 2.05) is 0 Å². The summed E-state index contributed by atoms with van der Waals surface area (Å²) in [5.41, 5.74) is 0.187. The lowest BCUT2D eigenvalue weighted by Crippen LogP contribution is -2.39. The summed E-state index contributed by atoms with van der Waals surface area (Å²) in [6.07, 6.45) is -4.07. The van der Waals surface area contributed by atoms with E-state index in [4.69, 9.17) is 0 Å². The van der Waals surface area contributed by atoms with Crippen LogP contribution in [0.5, 0.6) is 0 Å². The van der Waals surface area contributed by atoms with Crippen LogP contribution in [0, 0.1) is 5.82 Å². The Kier molecular flexibility index (Phi) is 3.80. The third-order valence-electron chi connectivity index (χ3n) is 2.52. The predicted molar refractivity (Wildman–Crippen MR) is 54.2 cm³/mol. The average Bonchev–Trinajstić information content (AvgIpc) is 2.16. The van der Waals surface area contributed by atoms with Crippen molar-refractivity contribution in [3.05, 3.63) is 35.1 Å². The Balaban J connectivity index is 0.00000128. The lowest BCUT2D eigenvalue weighted by atomic mass is 9.93. The second-order valence-corrected chi connectivity index (χ2v) is 3.49. The monoisotopic (exact) mass is 255 g/mol. The Morgan fingerprint density at radius 3 is 2.56 bits per heavy atom. The lowest BCUT2D eigenvalue weighted by molar-refractivity contribution is -0.158.